The second-order valence-electron chi connectivity index (χ2n) is 6.11. The zero-order chi connectivity index (χ0) is 20.1. The van der Waals surface area contributed by atoms with E-state index in [1.165, 1.54) is 11.8 Å². The maximum absolute atomic E-state index is 12.4. The lowest BCUT2D eigenvalue weighted by molar-refractivity contribution is -0.113. The molecule has 7 nitrogen and oxygen atoms in total. The summed E-state index contributed by atoms with van der Waals surface area (Å²) in [6.07, 6.45) is 3.83. The SMILES string of the molecule is COc1ccc(NC(=O)CSc2nnc(-c3ccccc3)n2-n2cccc2)cc1. The van der Waals surface area contributed by atoms with E-state index >= 15 is 0 Å². The van der Waals surface area contributed by atoms with E-state index in [0.29, 0.717) is 16.7 Å². The van der Waals surface area contributed by atoms with Crippen molar-refractivity contribution in [2.24, 2.45) is 0 Å². The van der Waals surface area contributed by atoms with E-state index in [-0.39, 0.29) is 11.7 Å². The third-order valence-electron chi connectivity index (χ3n) is 4.17. The number of nitrogens with one attached hydrogen (secondary N) is 1. The number of nitrogens with zero attached hydrogens (tertiary/aromatic N) is 4. The van der Waals surface area contributed by atoms with Crippen molar-refractivity contribution < 1.29 is 9.53 Å². The van der Waals surface area contributed by atoms with Crippen molar-refractivity contribution >= 4 is 23.4 Å². The molecule has 0 saturated carbocycles. The van der Waals surface area contributed by atoms with E-state index in [4.69, 9.17) is 4.74 Å². The van der Waals surface area contributed by atoms with Crippen LogP contribution in [0.25, 0.3) is 11.4 Å². The highest BCUT2D eigenvalue weighted by molar-refractivity contribution is 7.99. The van der Waals surface area contributed by atoms with Gasteiger partial charge in [0.25, 0.3) is 0 Å². The number of rotatable bonds is 7. The first-order valence-electron chi connectivity index (χ1n) is 8.96. The van der Waals surface area contributed by atoms with Crippen LogP contribution in [0.3, 0.4) is 0 Å². The number of amides is 1. The van der Waals surface area contributed by atoms with E-state index < -0.39 is 0 Å². The summed E-state index contributed by atoms with van der Waals surface area (Å²) in [6.45, 7) is 0. The summed E-state index contributed by atoms with van der Waals surface area (Å²) in [5, 5.41) is 12.2. The van der Waals surface area contributed by atoms with E-state index in [1.807, 2.05) is 64.2 Å². The van der Waals surface area contributed by atoms with Gasteiger partial charge >= 0.3 is 0 Å². The highest BCUT2D eigenvalue weighted by Gasteiger charge is 2.17. The van der Waals surface area contributed by atoms with Gasteiger partial charge in [0.2, 0.25) is 11.1 Å². The maximum Gasteiger partial charge on any atom is 0.234 e. The Morgan fingerprint density at radius 3 is 2.41 bits per heavy atom. The molecule has 29 heavy (non-hydrogen) atoms. The van der Waals surface area contributed by atoms with Gasteiger partial charge in [0, 0.05) is 23.6 Å². The highest BCUT2D eigenvalue weighted by Crippen LogP contribution is 2.24. The number of aromatic nitrogens is 4. The number of benzene rings is 2. The molecule has 0 aliphatic heterocycles. The van der Waals surface area contributed by atoms with Crippen LogP contribution in [-0.2, 0) is 4.79 Å². The van der Waals surface area contributed by atoms with Crippen molar-refractivity contribution in [3.05, 3.63) is 79.1 Å². The van der Waals surface area contributed by atoms with Gasteiger partial charge in [-0.3, -0.25) is 9.47 Å². The normalized spacial score (nSPS) is 10.7. The van der Waals surface area contributed by atoms with Gasteiger partial charge in [-0.05, 0) is 36.4 Å². The van der Waals surface area contributed by atoms with Crippen LogP contribution in [0.15, 0.2) is 84.3 Å². The summed E-state index contributed by atoms with van der Waals surface area (Å²) >= 11 is 1.33. The second-order valence-corrected chi connectivity index (χ2v) is 7.05. The fraction of sp³-hybridized carbons (Fsp3) is 0.0952. The van der Waals surface area contributed by atoms with Gasteiger partial charge in [-0.15, -0.1) is 10.2 Å². The van der Waals surface area contributed by atoms with Crippen LogP contribution in [0, 0.1) is 0 Å². The minimum atomic E-state index is -0.122. The quantitative estimate of drug-likeness (QED) is 0.474. The Morgan fingerprint density at radius 1 is 1.00 bits per heavy atom. The number of hydrogen-bond donors (Lipinski definition) is 1. The number of carbonyl (C=O) groups excluding carboxylic acids is 1. The van der Waals surface area contributed by atoms with Gasteiger partial charge in [0.05, 0.1) is 12.9 Å². The van der Waals surface area contributed by atoms with Gasteiger partial charge < -0.3 is 10.1 Å². The Labute approximate surface area is 172 Å². The summed E-state index contributed by atoms with van der Waals surface area (Å²) in [5.41, 5.74) is 1.66. The molecule has 2 aromatic heterocycles. The first-order valence-corrected chi connectivity index (χ1v) is 9.94. The van der Waals surface area contributed by atoms with Crippen molar-refractivity contribution in [2.75, 3.05) is 18.2 Å². The molecule has 0 fully saturated rings. The Balaban J connectivity index is 1.51. The topological polar surface area (TPSA) is 74.0 Å². The Hall–Kier alpha value is -3.52. The van der Waals surface area contributed by atoms with E-state index in [1.54, 1.807) is 31.4 Å². The minimum Gasteiger partial charge on any atom is -0.497 e. The van der Waals surface area contributed by atoms with E-state index in [9.17, 15) is 4.79 Å². The Bertz CT molecular complexity index is 1080. The molecule has 2 heterocycles. The second kappa shape index (κ2) is 8.66. The molecule has 4 aromatic rings. The summed E-state index contributed by atoms with van der Waals surface area (Å²) < 4.78 is 8.91. The molecule has 0 aliphatic carbocycles. The molecular formula is C21H19N5O2S. The van der Waals surface area contributed by atoms with Gasteiger partial charge in [-0.2, -0.15) is 0 Å². The van der Waals surface area contributed by atoms with Gasteiger partial charge in [0.1, 0.15) is 5.75 Å². The summed E-state index contributed by atoms with van der Waals surface area (Å²) in [6, 6.07) is 20.9. The lowest BCUT2D eigenvalue weighted by Gasteiger charge is -2.11. The smallest absolute Gasteiger partial charge is 0.234 e. The monoisotopic (exact) mass is 405 g/mol. The van der Waals surface area contributed by atoms with Crippen LogP contribution in [0.1, 0.15) is 0 Å². The fourth-order valence-corrected chi connectivity index (χ4v) is 3.53. The molecule has 0 saturated heterocycles. The third-order valence-corrected chi connectivity index (χ3v) is 5.09. The molecule has 1 N–H and O–H groups in total. The third kappa shape index (κ3) is 4.33. The number of thioether (sulfide) groups is 1. The first-order chi connectivity index (χ1) is 14.2. The van der Waals surface area contributed by atoms with Crippen molar-refractivity contribution in [2.45, 2.75) is 5.16 Å². The Morgan fingerprint density at radius 2 is 1.72 bits per heavy atom. The maximum atomic E-state index is 12.4. The standard InChI is InChI=1S/C21H19N5O2S/c1-28-18-11-9-17(10-12-18)22-19(27)15-29-21-24-23-20(16-7-3-2-4-8-16)26(21)25-13-5-6-14-25/h2-14H,15H2,1H3,(H,22,27). The fourth-order valence-electron chi connectivity index (χ4n) is 2.79. The predicted molar refractivity (Wildman–Crippen MR) is 113 cm³/mol. The Kier molecular flexibility index (Phi) is 5.62. The molecule has 1 amide bonds. The molecule has 0 bridgehead atoms. The van der Waals surface area contributed by atoms with Gasteiger partial charge in [-0.1, -0.05) is 42.1 Å². The average Bonchev–Trinajstić information content (AvgIpc) is 3.43. The van der Waals surface area contributed by atoms with Crippen molar-refractivity contribution in [3.63, 3.8) is 0 Å². The van der Waals surface area contributed by atoms with Crippen molar-refractivity contribution in [3.8, 4) is 17.1 Å². The molecule has 2 aromatic carbocycles. The highest BCUT2D eigenvalue weighted by atomic mass is 32.2. The van der Waals surface area contributed by atoms with Crippen LogP contribution in [-0.4, -0.2) is 38.3 Å². The van der Waals surface area contributed by atoms with Gasteiger partial charge in [0.15, 0.2) is 5.82 Å². The molecular weight excluding hydrogens is 386 g/mol. The number of anilines is 1. The number of methoxy groups -OCH3 is 1. The molecule has 0 spiro atoms. The minimum absolute atomic E-state index is 0.122. The molecule has 0 radical (unpaired) electrons. The lowest BCUT2D eigenvalue weighted by atomic mass is 10.2. The van der Waals surface area contributed by atoms with E-state index in [0.717, 1.165) is 11.3 Å². The number of hydrogen-bond acceptors (Lipinski definition) is 5. The zero-order valence-corrected chi connectivity index (χ0v) is 16.5. The predicted octanol–water partition coefficient (Wildman–Crippen LogP) is 3.80. The van der Waals surface area contributed by atoms with Crippen LogP contribution < -0.4 is 10.1 Å². The number of carbonyl (C=O) groups is 1. The van der Waals surface area contributed by atoms with Crippen molar-refractivity contribution in [1.82, 2.24) is 19.5 Å². The molecule has 0 aliphatic rings. The molecule has 0 atom stereocenters. The molecule has 8 heteroatoms. The molecule has 0 unspecified atom stereocenters. The van der Waals surface area contributed by atoms with Crippen LogP contribution in [0.5, 0.6) is 5.75 Å². The largest absolute Gasteiger partial charge is 0.497 e. The first kappa shape index (κ1) is 18.8. The van der Waals surface area contributed by atoms with Crippen LogP contribution >= 0.6 is 11.8 Å². The zero-order valence-electron chi connectivity index (χ0n) is 15.7. The van der Waals surface area contributed by atoms with E-state index in [2.05, 4.69) is 15.5 Å². The van der Waals surface area contributed by atoms with Crippen molar-refractivity contribution in [1.29, 1.82) is 0 Å². The van der Waals surface area contributed by atoms with Crippen LogP contribution in [0.2, 0.25) is 0 Å². The summed E-state index contributed by atoms with van der Waals surface area (Å²) in [4.78, 5) is 12.4. The van der Waals surface area contributed by atoms with Gasteiger partial charge in [-0.25, -0.2) is 4.68 Å². The average molecular weight is 405 g/mol. The van der Waals surface area contributed by atoms with Crippen LogP contribution in [0.4, 0.5) is 5.69 Å². The molecule has 4 rings (SSSR count). The lowest BCUT2D eigenvalue weighted by Crippen LogP contribution is -2.15. The summed E-state index contributed by atoms with van der Waals surface area (Å²) in [5.74, 6) is 1.54. The number of ether oxygens (including phenoxy) is 1. The molecule has 146 valence electrons. The summed E-state index contributed by atoms with van der Waals surface area (Å²) in [7, 11) is 1.61.